The van der Waals surface area contributed by atoms with Crippen molar-refractivity contribution in [3.05, 3.63) is 11.6 Å². The molecule has 0 amide bonds. The molecule has 3 aliphatic carbocycles. The Morgan fingerprint density at radius 1 is 1.28 bits per heavy atom. The van der Waals surface area contributed by atoms with Gasteiger partial charge in [0.15, 0.2) is 0 Å². The molecule has 0 spiro atoms. The van der Waals surface area contributed by atoms with Crippen molar-refractivity contribution >= 4 is 11.8 Å². The molecular weight excluding hydrogens is 366 g/mol. The lowest BCUT2D eigenvalue weighted by Crippen LogP contribution is -2.60. The van der Waals surface area contributed by atoms with Gasteiger partial charge < -0.3 is 14.7 Å². The number of nitrogens with zero attached hydrogens (tertiary/aromatic N) is 1. The van der Waals surface area contributed by atoms with Crippen LogP contribution in [-0.2, 0) is 14.3 Å². The van der Waals surface area contributed by atoms with Crippen molar-refractivity contribution in [3.63, 3.8) is 0 Å². The van der Waals surface area contributed by atoms with Crippen LogP contribution in [0.3, 0.4) is 0 Å². The lowest BCUT2D eigenvalue weighted by atomic mass is 9.42. The molecule has 0 bridgehead atoms. The van der Waals surface area contributed by atoms with Gasteiger partial charge in [-0.05, 0) is 68.4 Å². The van der Waals surface area contributed by atoms with E-state index in [9.17, 15) is 14.7 Å². The second-order valence-electron chi connectivity index (χ2n) is 10.8. The van der Waals surface area contributed by atoms with Gasteiger partial charge in [-0.15, -0.1) is 0 Å². The average Bonchev–Trinajstić information content (AvgIpc) is 2.63. The second kappa shape index (κ2) is 8.14. The van der Waals surface area contributed by atoms with E-state index in [0.717, 1.165) is 31.3 Å². The minimum Gasteiger partial charge on any atom is -0.461 e. The number of ether oxygens (including phenoxy) is 1. The van der Waals surface area contributed by atoms with E-state index in [-0.39, 0.29) is 40.7 Å². The number of ketones is 1. The van der Waals surface area contributed by atoms with Crippen molar-refractivity contribution in [3.8, 4) is 0 Å². The summed E-state index contributed by atoms with van der Waals surface area (Å²) in [5.74, 6) is 0.645. The first-order valence-electron chi connectivity index (χ1n) is 11.2. The van der Waals surface area contributed by atoms with E-state index in [1.54, 1.807) is 6.08 Å². The molecule has 29 heavy (non-hydrogen) atoms. The molecule has 1 N–H and O–H groups in total. The number of allylic oxidation sites excluding steroid dienone is 1. The van der Waals surface area contributed by atoms with Crippen LogP contribution >= 0.6 is 0 Å². The number of fused-ring (bicyclic) bond motifs is 3. The van der Waals surface area contributed by atoms with Crippen molar-refractivity contribution in [2.75, 3.05) is 27.2 Å². The summed E-state index contributed by atoms with van der Waals surface area (Å²) in [7, 11) is 3.90. The van der Waals surface area contributed by atoms with Gasteiger partial charge in [0.1, 0.15) is 12.4 Å². The van der Waals surface area contributed by atoms with Gasteiger partial charge in [-0.1, -0.05) is 33.3 Å². The van der Waals surface area contributed by atoms with Crippen molar-refractivity contribution in [1.82, 2.24) is 4.90 Å². The van der Waals surface area contributed by atoms with Crippen LogP contribution in [0.25, 0.3) is 0 Å². The predicted octanol–water partition coefficient (Wildman–Crippen LogP) is 3.46. The number of carbonyl (C=O) groups excluding carboxylic acids is 2. The van der Waals surface area contributed by atoms with Crippen LogP contribution in [0.2, 0.25) is 0 Å². The van der Waals surface area contributed by atoms with Gasteiger partial charge in [-0.25, -0.2) is 4.79 Å². The van der Waals surface area contributed by atoms with Crippen LogP contribution in [0.1, 0.15) is 59.8 Å². The van der Waals surface area contributed by atoms with Crippen molar-refractivity contribution in [2.24, 2.45) is 34.5 Å². The van der Waals surface area contributed by atoms with E-state index in [1.165, 1.54) is 0 Å². The van der Waals surface area contributed by atoms with E-state index < -0.39 is 0 Å². The van der Waals surface area contributed by atoms with Gasteiger partial charge in [0, 0.05) is 25.0 Å². The summed E-state index contributed by atoms with van der Waals surface area (Å²) in [6.45, 7) is 9.82. The van der Waals surface area contributed by atoms with Gasteiger partial charge in [-0.2, -0.15) is 0 Å². The first-order chi connectivity index (χ1) is 13.5. The van der Waals surface area contributed by atoms with Crippen LogP contribution in [-0.4, -0.2) is 55.1 Å². The SMILES string of the molecule is C[C@H]1/C(=C/C(=O)OCCN(C)C)CC[C@H]2[C@@H]1C(=O)C[C@H]1C(C)(C)[C@H](O)CC[C@@]21C. The Hall–Kier alpha value is -1.20. The molecule has 0 saturated heterocycles. The molecule has 0 aromatic rings. The Balaban J connectivity index is 1.78. The third-order valence-corrected chi connectivity index (χ3v) is 8.52. The highest BCUT2D eigenvalue weighted by Crippen LogP contribution is 2.63. The highest BCUT2D eigenvalue weighted by Gasteiger charge is 2.61. The fourth-order valence-corrected chi connectivity index (χ4v) is 6.63. The topological polar surface area (TPSA) is 66.8 Å². The molecule has 6 atom stereocenters. The molecule has 0 unspecified atom stereocenters. The van der Waals surface area contributed by atoms with Crippen molar-refractivity contribution in [1.29, 1.82) is 0 Å². The van der Waals surface area contributed by atoms with Gasteiger partial charge in [-0.3, -0.25) is 4.79 Å². The highest BCUT2D eigenvalue weighted by molar-refractivity contribution is 5.86. The molecule has 0 aromatic carbocycles. The number of carbonyl (C=O) groups is 2. The molecule has 5 nitrogen and oxygen atoms in total. The third-order valence-electron chi connectivity index (χ3n) is 8.52. The average molecular weight is 406 g/mol. The number of Topliss-reactive ketones (excluding diaryl/α,β-unsaturated/α-hetero) is 1. The van der Waals surface area contributed by atoms with Gasteiger partial charge in [0.25, 0.3) is 0 Å². The lowest BCUT2D eigenvalue weighted by molar-refractivity contribution is -0.172. The van der Waals surface area contributed by atoms with Crippen LogP contribution in [0.5, 0.6) is 0 Å². The second-order valence-corrected chi connectivity index (χ2v) is 10.8. The Bertz CT molecular complexity index is 682. The maximum Gasteiger partial charge on any atom is 0.330 e. The Morgan fingerprint density at radius 2 is 1.97 bits per heavy atom. The minimum atomic E-state index is -0.335. The molecule has 3 saturated carbocycles. The molecule has 164 valence electrons. The number of hydrogen-bond donors (Lipinski definition) is 1. The summed E-state index contributed by atoms with van der Waals surface area (Å²) in [6.07, 6.45) is 5.44. The van der Waals surface area contributed by atoms with E-state index >= 15 is 0 Å². The first-order valence-corrected chi connectivity index (χ1v) is 11.2. The largest absolute Gasteiger partial charge is 0.461 e. The van der Waals surface area contributed by atoms with E-state index in [2.05, 4.69) is 27.7 Å². The van der Waals surface area contributed by atoms with Crippen molar-refractivity contribution in [2.45, 2.75) is 65.9 Å². The molecule has 3 fully saturated rings. The maximum absolute atomic E-state index is 13.3. The third kappa shape index (κ3) is 4.05. The van der Waals surface area contributed by atoms with Crippen LogP contribution < -0.4 is 0 Å². The smallest absolute Gasteiger partial charge is 0.330 e. The molecule has 0 aliphatic heterocycles. The van der Waals surface area contributed by atoms with E-state index in [4.69, 9.17) is 4.74 Å². The summed E-state index contributed by atoms with van der Waals surface area (Å²) < 4.78 is 5.34. The van der Waals surface area contributed by atoms with E-state index in [0.29, 0.717) is 31.3 Å². The predicted molar refractivity (Wildman–Crippen MR) is 113 cm³/mol. The Labute approximate surface area is 175 Å². The number of esters is 1. The number of likely N-dealkylation sites (N-methyl/N-ethyl adjacent to an activating group) is 1. The first kappa shape index (κ1) is 22.5. The normalized spacial score (nSPS) is 40.5. The van der Waals surface area contributed by atoms with E-state index in [1.807, 2.05) is 19.0 Å². The minimum absolute atomic E-state index is 0.0168. The number of aliphatic hydroxyl groups excluding tert-OH is 1. The maximum atomic E-state index is 13.3. The highest BCUT2D eigenvalue weighted by atomic mass is 16.5. The fraction of sp³-hybridized carbons (Fsp3) is 0.833. The quantitative estimate of drug-likeness (QED) is 0.573. The van der Waals surface area contributed by atoms with Gasteiger partial charge >= 0.3 is 5.97 Å². The Morgan fingerprint density at radius 3 is 2.62 bits per heavy atom. The number of hydrogen-bond acceptors (Lipinski definition) is 5. The summed E-state index contributed by atoms with van der Waals surface area (Å²) in [4.78, 5) is 27.5. The fourth-order valence-electron chi connectivity index (χ4n) is 6.63. The summed E-state index contributed by atoms with van der Waals surface area (Å²) in [5.41, 5.74) is 0.905. The molecule has 3 aliphatic rings. The zero-order valence-corrected chi connectivity index (χ0v) is 19.0. The van der Waals surface area contributed by atoms with Gasteiger partial charge in [0.05, 0.1) is 6.10 Å². The van der Waals surface area contributed by atoms with Crippen LogP contribution in [0.4, 0.5) is 0 Å². The van der Waals surface area contributed by atoms with Crippen LogP contribution in [0, 0.1) is 34.5 Å². The van der Waals surface area contributed by atoms with Gasteiger partial charge in [0.2, 0.25) is 0 Å². The Kier molecular flexibility index (Phi) is 6.31. The van der Waals surface area contributed by atoms with Crippen molar-refractivity contribution < 1.29 is 19.4 Å². The monoisotopic (exact) mass is 405 g/mol. The molecule has 3 rings (SSSR count). The lowest BCUT2D eigenvalue weighted by Gasteiger charge is -2.62. The molecule has 5 heteroatoms. The standard InChI is InChI=1S/C24H39NO4/c1-15-16(13-21(28)29-12-11-25(5)6)7-8-17-22(15)18(26)14-19-23(2,3)20(27)9-10-24(17,19)4/h13,15,17,19-20,22,27H,7-12,14H2,1-6H3/b16-13+/t15-,17-,19-,20+,22+,24-/m0/s1. The molecule has 0 radical (unpaired) electrons. The zero-order valence-electron chi connectivity index (χ0n) is 19.0. The number of aliphatic hydroxyl groups is 1. The summed E-state index contributed by atoms with van der Waals surface area (Å²) in [5, 5.41) is 10.6. The molecule has 0 heterocycles. The summed E-state index contributed by atoms with van der Waals surface area (Å²) >= 11 is 0. The zero-order chi connectivity index (χ0) is 21.6. The molecule has 0 aromatic heterocycles. The number of rotatable bonds is 4. The van der Waals surface area contributed by atoms with Crippen LogP contribution in [0.15, 0.2) is 11.6 Å². The molecular formula is C24H39NO4. The summed E-state index contributed by atoms with van der Waals surface area (Å²) in [6, 6.07) is 0.